The fourth-order valence-electron chi connectivity index (χ4n) is 2.39. The van der Waals surface area contributed by atoms with Crippen molar-refractivity contribution in [3.63, 3.8) is 0 Å². The monoisotopic (exact) mass is 332 g/mol. The Morgan fingerprint density at radius 3 is 2.48 bits per heavy atom. The molecule has 0 aliphatic rings. The van der Waals surface area contributed by atoms with E-state index in [0.717, 1.165) is 16.9 Å². The highest BCUT2D eigenvalue weighted by molar-refractivity contribution is 5.58. The minimum absolute atomic E-state index is 0.361. The summed E-state index contributed by atoms with van der Waals surface area (Å²) in [5.41, 5.74) is 3.22. The van der Waals surface area contributed by atoms with Gasteiger partial charge in [-0.1, -0.05) is 35.0 Å². The van der Waals surface area contributed by atoms with Crippen molar-refractivity contribution in [2.75, 3.05) is 0 Å². The van der Waals surface area contributed by atoms with Crippen LogP contribution in [0.15, 0.2) is 75.9 Å². The first-order valence-corrected chi connectivity index (χ1v) is 7.94. The summed E-state index contributed by atoms with van der Waals surface area (Å²) in [5, 5.41) is 3.99. The molecule has 0 saturated heterocycles. The van der Waals surface area contributed by atoms with Crippen LogP contribution in [-0.2, 0) is 6.61 Å². The molecule has 0 bridgehead atoms. The molecule has 0 atom stereocenters. The number of furan rings is 1. The average Bonchev–Trinajstić information content (AvgIpc) is 3.33. The smallest absolute Gasteiger partial charge is 0.293 e. The van der Waals surface area contributed by atoms with Crippen LogP contribution < -0.4 is 4.74 Å². The Kier molecular flexibility index (Phi) is 4.04. The molecule has 5 nitrogen and oxygen atoms in total. The normalized spacial score (nSPS) is 10.8. The molecule has 4 rings (SSSR count). The predicted molar refractivity (Wildman–Crippen MR) is 92.9 cm³/mol. The predicted octanol–water partition coefficient (Wildman–Crippen LogP) is 4.88. The van der Waals surface area contributed by atoms with E-state index in [9.17, 15) is 0 Å². The van der Waals surface area contributed by atoms with Gasteiger partial charge >= 0.3 is 0 Å². The van der Waals surface area contributed by atoms with Crippen molar-refractivity contribution in [2.45, 2.75) is 13.5 Å². The summed E-state index contributed by atoms with van der Waals surface area (Å²) >= 11 is 0. The molecular formula is C20H16N2O3. The maximum absolute atomic E-state index is 5.81. The van der Waals surface area contributed by atoms with Crippen LogP contribution in [0, 0.1) is 6.92 Å². The second-order valence-corrected chi connectivity index (χ2v) is 5.70. The fourth-order valence-corrected chi connectivity index (χ4v) is 2.39. The zero-order valence-corrected chi connectivity index (χ0v) is 13.7. The van der Waals surface area contributed by atoms with Gasteiger partial charge in [0.1, 0.15) is 12.4 Å². The first kappa shape index (κ1) is 15.2. The van der Waals surface area contributed by atoms with Crippen molar-refractivity contribution in [1.29, 1.82) is 0 Å². The third kappa shape index (κ3) is 3.45. The van der Waals surface area contributed by atoms with Gasteiger partial charge in [0.2, 0.25) is 5.82 Å². The molecule has 0 aliphatic carbocycles. The number of rotatable bonds is 5. The van der Waals surface area contributed by atoms with Crippen LogP contribution in [0.5, 0.6) is 5.75 Å². The van der Waals surface area contributed by atoms with E-state index in [1.54, 1.807) is 18.4 Å². The third-order valence-electron chi connectivity index (χ3n) is 3.80. The quantitative estimate of drug-likeness (QED) is 0.521. The van der Waals surface area contributed by atoms with Gasteiger partial charge in [-0.25, -0.2) is 0 Å². The second-order valence-electron chi connectivity index (χ2n) is 5.70. The highest BCUT2D eigenvalue weighted by Gasteiger charge is 2.12. The van der Waals surface area contributed by atoms with E-state index in [1.165, 1.54) is 5.56 Å². The van der Waals surface area contributed by atoms with E-state index < -0.39 is 0 Å². The van der Waals surface area contributed by atoms with Crippen LogP contribution in [0.4, 0.5) is 0 Å². The summed E-state index contributed by atoms with van der Waals surface area (Å²) in [6.07, 6.45) is 1.57. The number of nitrogens with zero attached hydrogens (tertiary/aromatic N) is 2. The Balaban J connectivity index is 1.44. The lowest BCUT2D eigenvalue weighted by molar-refractivity contribution is 0.306. The molecule has 25 heavy (non-hydrogen) atoms. The number of benzene rings is 2. The first-order valence-electron chi connectivity index (χ1n) is 7.94. The van der Waals surface area contributed by atoms with Crippen LogP contribution >= 0.6 is 0 Å². The number of hydrogen-bond donors (Lipinski definition) is 0. The lowest BCUT2D eigenvalue weighted by Crippen LogP contribution is -1.95. The molecule has 0 radical (unpaired) electrons. The topological polar surface area (TPSA) is 61.3 Å². The minimum Gasteiger partial charge on any atom is -0.489 e. The lowest BCUT2D eigenvalue weighted by atomic mass is 10.2. The molecule has 5 heteroatoms. The van der Waals surface area contributed by atoms with Crippen LogP contribution in [0.1, 0.15) is 11.1 Å². The van der Waals surface area contributed by atoms with Crippen molar-refractivity contribution < 1.29 is 13.7 Å². The van der Waals surface area contributed by atoms with E-state index in [1.807, 2.05) is 24.3 Å². The SMILES string of the molecule is Cc1ccc(COc2ccc(-c3noc(-c4ccco4)n3)cc2)cc1. The second kappa shape index (κ2) is 6.65. The molecule has 0 unspecified atom stereocenters. The van der Waals surface area contributed by atoms with Crippen LogP contribution in [-0.4, -0.2) is 10.1 Å². The van der Waals surface area contributed by atoms with Crippen molar-refractivity contribution in [2.24, 2.45) is 0 Å². The van der Waals surface area contributed by atoms with Crippen LogP contribution in [0.2, 0.25) is 0 Å². The minimum atomic E-state index is 0.361. The number of aromatic nitrogens is 2. The Hall–Kier alpha value is -3.34. The highest BCUT2D eigenvalue weighted by Crippen LogP contribution is 2.24. The maximum Gasteiger partial charge on any atom is 0.293 e. The molecule has 4 aromatic rings. The Morgan fingerprint density at radius 1 is 0.960 bits per heavy atom. The largest absolute Gasteiger partial charge is 0.489 e. The van der Waals surface area contributed by atoms with Gasteiger partial charge in [0.25, 0.3) is 5.89 Å². The number of ether oxygens (including phenoxy) is 1. The summed E-state index contributed by atoms with van der Waals surface area (Å²) in [4.78, 5) is 4.34. The molecule has 0 spiro atoms. The molecule has 0 saturated carbocycles. The van der Waals surface area contributed by atoms with Gasteiger partial charge in [0.15, 0.2) is 5.76 Å². The molecular weight excluding hydrogens is 316 g/mol. The zero-order chi connectivity index (χ0) is 17.1. The summed E-state index contributed by atoms with van der Waals surface area (Å²) in [6.45, 7) is 2.60. The zero-order valence-electron chi connectivity index (χ0n) is 13.7. The summed E-state index contributed by atoms with van der Waals surface area (Å²) in [6, 6.07) is 19.4. The van der Waals surface area contributed by atoms with E-state index in [0.29, 0.717) is 24.1 Å². The van der Waals surface area contributed by atoms with E-state index in [4.69, 9.17) is 13.7 Å². The van der Waals surface area contributed by atoms with Gasteiger partial charge < -0.3 is 13.7 Å². The fraction of sp³-hybridized carbons (Fsp3) is 0.100. The van der Waals surface area contributed by atoms with Crippen molar-refractivity contribution >= 4 is 0 Å². The van der Waals surface area contributed by atoms with Crippen LogP contribution in [0.25, 0.3) is 23.0 Å². The summed E-state index contributed by atoms with van der Waals surface area (Å²) in [5.74, 6) is 2.21. The first-order chi connectivity index (χ1) is 12.3. The molecule has 0 aliphatic heterocycles. The Morgan fingerprint density at radius 2 is 1.76 bits per heavy atom. The van der Waals surface area contributed by atoms with E-state index in [-0.39, 0.29) is 0 Å². The standard InChI is InChI=1S/C20H16N2O3/c1-14-4-6-15(7-5-14)13-24-17-10-8-16(9-11-17)19-21-20(25-22-19)18-3-2-12-23-18/h2-12H,13H2,1H3. The van der Waals surface area contributed by atoms with Gasteiger partial charge in [0, 0.05) is 5.56 Å². The van der Waals surface area contributed by atoms with Crippen molar-refractivity contribution in [3.8, 4) is 28.8 Å². The number of hydrogen-bond acceptors (Lipinski definition) is 5. The van der Waals surface area contributed by atoms with Crippen molar-refractivity contribution in [3.05, 3.63) is 78.1 Å². The third-order valence-corrected chi connectivity index (χ3v) is 3.80. The summed E-state index contributed by atoms with van der Waals surface area (Å²) in [7, 11) is 0. The molecule has 2 aromatic carbocycles. The van der Waals surface area contributed by atoms with Gasteiger partial charge in [0.05, 0.1) is 6.26 Å². The van der Waals surface area contributed by atoms with Crippen molar-refractivity contribution in [1.82, 2.24) is 10.1 Å². The molecule has 2 heterocycles. The van der Waals surface area contributed by atoms with Gasteiger partial charge in [-0.2, -0.15) is 4.98 Å². The molecule has 0 N–H and O–H groups in total. The Bertz CT molecular complexity index is 940. The molecule has 2 aromatic heterocycles. The Labute approximate surface area is 144 Å². The number of aryl methyl sites for hydroxylation is 1. The van der Waals surface area contributed by atoms with Crippen LogP contribution in [0.3, 0.4) is 0 Å². The van der Waals surface area contributed by atoms with E-state index in [2.05, 4.69) is 41.3 Å². The van der Waals surface area contributed by atoms with Gasteiger partial charge in [-0.05, 0) is 48.9 Å². The summed E-state index contributed by atoms with van der Waals surface area (Å²) < 4.78 is 16.3. The molecule has 0 amide bonds. The molecule has 0 fully saturated rings. The lowest BCUT2D eigenvalue weighted by Gasteiger charge is -2.07. The average molecular weight is 332 g/mol. The molecule has 124 valence electrons. The van der Waals surface area contributed by atoms with E-state index >= 15 is 0 Å². The van der Waals surface area contributed by atoms with Gasteiger partial charge in [-0.3, -0.25) is 0 Å². The maximum atomic E-state index is 5.81. The highest BCUT2D eigenvalue weighted by atomic mass is 16.5. The van der Waals surface area contributed by atoms with Gasteiger partial charge in [-0.15, -0.1) is 0 Å².